The number of benzene rings is 1. The van der Waals surface area contributed by atoms with Crippen molar-refractivity contribution in [3.8, 4) is 17.0 Å². The second-order valence-corrected chi connectivity index (χ2v) is 4.13. The molecule has 0 unspecified atom stereocenters. The summed E-state index contributed by atoms with van der Waals surface area (Å²) in [6.45, 7) is 0. The fraction of sp³-hybridized carbons (Fsp3) is 0.0714. The predicted octanol–water partition coefficient (Wildman–Crippen LogP) is 2.73. The van der Waals surface area contributed by atoms with Crippen molar-refractivity contribution >= 4 is 11.5 Å². The molecule has 19 heavy (non-hydrogen) atoms. The van der Waals surface area contributed by atoms with Gasteiger partial charge in [0, 0.05) is 11.8 Å². The molecule has 3 aromatic rings. The minimum Gasteiger partial charge on any atom is -0.497 e. The van der Waals surface area contributed by atoms with Crippen LogP contribution >= 0.6 is 0 Å². The summed E-state index contributed by atoms with van der Waals surface area (Å²) >= 11 is 0. The summed E-state index contributed by atoms with van der Waals surface area (Å²) in [6, 6.07) is 10.3. The molecule has 1 aromatic carbocycles. The van der Waals surface area contributed by atoms with Crippen LogP contribution in [0.25, 0.3) is 16.9 Å². The summed E-state index contributed by atoms with van der Waals surface area (Å²) in [5.41, 5.74) is 7.58. The van der Waals surface area contributed by atoms with Crippen molar-refractivity contribution in [2.75, 3.05) is 12.8 Å². The number of nitrogens with two attached hydrogens (primary N) is 1. The zero-order valence-electron chi connectivity index (χ0n) is 10.3. The third-order valence-corrected chi connectivity index (χ3v) is 2.98. The van der Waals surface area contributed by atoms with Gasteiger partial charge in [-0.15, -0.1) is 0 Å². The summed E-state index contributed by atoms with van der Waals surface area (Å²) in [5, 5.41) is 0. The molecule has 0 aliphatic carbocycles. The van der Waals surface area contributed by atoms with Gasteiger partial charge in [-0.25, -0.2) is 9.37 Å². The maximum Gasteiger partial charge on any atom is 0.175 e. The molecule has 0 fully saturated rings. The minimum atomic E-state index is -0.400. The number of nitrogens with zero attached hydrogens (tertiary/aromatic N) is 2. The molecule has 0 aliphatic heterocycles. The topological polar surface area (TPSA) is 52.5 Å². The molecule has 0 saturated carbocycles. The Balaban J connectivity index is 2.25. The Morgan fingerprint density at radius 2 is 2.11 bits per heavy atom. The van der Waals surface area contributed by atoms with E-state index in [2.05, 4.69) is 4.98 Å². The third-order valence-electron chi connectivity index (χ3n) is 2.98. The molecular formula is C14H12FN3O. The number of ether oxygens (including phenoxy) is 1. The Hall–Kier alpha value is -2.56. The van der Waals surface area contributed by atoms with E-state index in [0.717, 1.165) is 5.56 Å². The SMILES string of the molecule is COc1cccc(-c2nc3c(F)cccn3c2N)c1. The monoisotopic (exact) mass is 257 g/mol. The van der Waals surface area contributed by atoms with Crippen LogP contribution in [0, 0.1) is 5.82 Å². The molecule has 2 heterocycles. The van der Waals surface area contributed by atoms with Gasteiger partial charge >= 0.3 is 0 Å². The highest BCUT2D eigenvalue weighted by atomic mass is 19.1. The van der Waals surface area contributed by atoms with E-state index in [4.69, 9.17) is 10.5 Å². The second kappa shape index (κ2) is 4.28. The highest BCUT2D eigenvalue weighted by Gasteiger charge is 2.14. The minimum absolute atomic E-state index is 0.220. The fourth-order valence-electron chi connectivity index (χ4n) is 2.04. The van der Waals surface area contributed by atoms with Gasteiger partial charge in [-0.1, -0.05) is 12.1 Å². The first-order chi connectivity index (χ1) is 9.20. The van der Waals surface area contributed by atoms with Crippen molar-refractivity contribution in [1.29, 1.82) is 0 Å². The molecule has 0 spiro atoms. The van der Waals surface area contributed by atoms with Crippen LogP contribution in [-0.2, 0) is 0 Å². The van der Waals surface area contributed by atoms with Crippen LogP contribution in [0.5, 0.6) is 5.75 Å². The number of anilines is 1. The van der Waals surface area contributed by atoms with Crippen molar-refractivity contribution < 1.29 is 9.13 Å². The summed E-state index contributed by atoms with van der Waals surface area (Å²) < 4.78 is 20.4. The first-order valence-corrected chi connectivity index (χ1v) is 5.77. The van der Waals surface area contributed by atoms with Crippen molar-refractivity contribution in [2.45, 2.75) is 0 Å². The van der Waals surface area contributed by atoms with Crippen LogP contribution in [0.2, 0.25) is 0 Å². The lowest BCUT2D eigenvalue weighted by atomic mass is 10.1. The number of methoxy groups -OCH3 is 1. The lowest BCUT2D eigenvalue weighted by Crippen LogP contribution is -1.94. The average molecular weight is 257 g/mol. The number of hydrogen-bond acceptors (Lipinski definition) is 3. The van der Waals surface area contributed by atoms with Gasteiger partial charge in [0.1, 0.15) is 17.3 Å². The Bertz CT molecular complexity index is 752. The predicted molar refractivity (Wildman–Crippen MR) is 71.6 cm³/mol. The zero-order chi connectivity index (χ0) is 13.4. The van der Waals surface area contributed by atoms with Crippen molar-refractivity contribution in [3.63, 3.8) is 0 Å². The molecule has 0 radical (unpaired) electrons. The van der Waals surface area contributed by atoms with E-state index < -0.39 is 5.82 Å². The number of imidazole rings is 1. The Morgan fingerprint density at radius 3 is 2.84 bits per heavy atom. The van der Waals surface area contributed by atoms with Crippen LogP contribution in [0.1, 0.15) is 0 Å². The fourth-order valence-corrected chi connectivity index (χ4v) is 2.04. The Labute approximate surface area is 109 Å². The molecule has 3 rings (SSSR count). The standard InChI is InChI=1S/C14H12FN3O/c1-19-10-5-2-4-9(8-10)12-13(16)18-7-3-6-11(15)14(18)17-12/h2-8H,16H2,1H3. The van der Waals surface area contributed by atoms with Gasteiger partial charge in [0.05, 0.1) is 7.11 Å². The lowest BCUT2D eigenvalue weighted by Gasteiger charge is -2.02. The van der Waals surface area contributed by atoms with Crippen molar-refractivity contribution in [2.24, 2.45) is 0 Å². The first kappa shape index (κ1) is 11.5. The van der Waals surface area contributed by atoms with E-state index >= 15 is 0 Å². The van der Waals surface area contributed by atoms with Gasteiger partial charge in [0.25, 0.3) is 0 Å². The largest absolute Gasteiger partial charge is 0.497 e. The summed E-state index contributed by atoms with van der Waals surface area (Å²) in [5.74, 6) is 0.709. The molecule has 0 saturated heterocycles. The van der Waals surface area contributed by atoms with Crippen LogP contribution in [0.3, 0.4) is 0 Å². The van der Waals surface area contributed by atoms with Crippen molar-refractivity contribution in [1.82, 2.24) is 9.38 Å². The van der Waals surface area contributed by atoms with Gasteiger partial charge in [0.2, 0.25) is 0 Å². The van der Waals surface area contributed by atoms with Crippen LogP contribution in [0.15, 0.2) is 42.6 Å². The second-order valence-electron chi connectivity index (χ2n) is 4.13. The van der Waals surface area contributed by atoms with Crippen LogP contribution in [-0.4, -0.2) is 16.5 Å². The van der Waals surface area contributed by atoms with E-state index in [1.54, 1.807) is 19.4 Å². The molecule has 0 aliphatic rings. The molecule has 96 valence electrons. The maximum absolute atomic E-state index is 13.7. The van der Waals surface area contributed by atoms with E-state index in [9.17, 15) is 4.39 Å². The van der Waals surface area contributed by atoms with Gasteiger partial charge in [-0.2, -0.15) is 0 Å². The normalized spacial score (nSPS) is 10.8. The summed E-state index contributed by atoms with van der Waals surface area (Å²) in [6.07, 6.45) is 1.68. The summed E-state index contributed by atoms with van der Waals surface area (Å²) in [4.78, 5) is 4.26. The highest BCUT2D eigenvalue weighted by molar-refractivity contribution is 5.75. The van der Waals surface area contributed by atoms with Crippen LogP contribution < -0.4 is 10.5 Å². The van der Waals surface area contributed by atoms with Gasteiger partial charge in [-0.3, -0.25) is 4.40 Å². The highest BCUT2D eigenvalue weighted by Crippen LogP contribution is 2.29. The number of aromatic nitrogens is 2. The smallest absolute Gasteiger partial charge is 0.175 e. The molecule has 2 N–H and O–H groups in total. The number of rotatable bonds is 2. The quantitative estimate of drug-likeness (QED) is 0.768. The molecular weight excluding hydrogens is 245 g/mol. The molecule has 0 atom stereocenters. The van der Waals surface area contributed by atoms with Gasteiger partial charge in [-0.05, 0) is 24.3 Å². The molecule has 5 heteroatoms. The van der Waals surface area contributed by atoms with Gasteiger partial charge in [0.15, 0.2) is 11.5 Å². The molecule has 4 nitrogen and oxygen atoms in total. The molecule has 2 aromatic heterocycles. The van der Waals surface area contributed by atoms with E-state index in [0.29, 0.717) is 17.3 Å². The number of nitrogen functional groups attached to an aromatic ring is 1. The number of pyridine rings is 1. The molecule has 0 amide bonds. The Kier molecular flexibility index (Phi) is 2.59. The van der Waals surface area contributed by atoms with Crippen molar-refractivity contribution in [3.05, 3.63) is 48.4 Å². The Morgan fingerprint density at radius 1 is 1.26 bits per heavy atom. The lowest BCUT2D eigenvalue weighted by molar-refractivity contribution is 0.415. The average Bonchev–Trinajstić information content (AvgIpc) is 2.78. The van der Waals surface area contributed by atoms with Crippen LogP contribution in [0.4, 0.5) is 10.2 Å². The van der Waals surface area contributed by atoms with E-state index in [1.165, 1.54) is 10.5 Å². The van der Waals surface area contributed by atoms with E-state index in [-0.39, 0.29) is 5.65 Å². The summed E-state index contributed by atoms with van der Waals surface area (Å²) in [7, 11) is 1.59. The number of hydrogen-bond donors (Lipinski definition) is 1. The maximum atomic E-state index is 13.7. The zero-order valence-corrected chi connectivity index (χ0v) is 10.3. The van der Waals surface area contributed by atoms with E-state index in [1.807, 2.05) is 24.3 Å². The molecule has 0 bridgehead atoms. The van der Waals surface area contributed by atoms with Gasteiger partial charge < -0.3 is 10.5 Å². The number of fused-ring (bicyclic) bond motifs is 1. The third kappa shape index (κ3) is 1.79. The number of halogens is 1. The first-order valence-electron chi connectivity index (χ1n) is 5.77.